The fourth-order valence-electron chi connectivity index (χ4n) is 1.75. The molecule has 1 aromatic heterocycles. The SMILES string of the molecule is CC1(C)OB(c2cccnc2OC(F)(F)F)OC1(C)C. The summed E-state index contributed by atoms with van der Waals surface area (Å²) < 4.78 is 52.4. The quantitative estimate of drug-likeness (QED) is 0.783. The second kappa shape index (κ2) is 4.63. The van der Waals surface area contributed by atoms with E-state index in [1.54, 1.807) is 0 Å². The summed E-state index contributed by atoms with van der Waals surface area (Å²) in [6.07, 6.45) is -3.59. The van der Waals surface area contributed by atoms with E-state index >= 15 is 0 Å². The topological polar surface area (TPSA) is 40.6 Å². The molecule has 0 aliphatic carbocycles. The molecule has 1 fully saturated rings. The molecule has 2 rings (SSSR count). The molecule has 1 aromatic rings. The highest BCUT2D eigenvalue weighted by Gasteiger charge is 2.53. The summed E-state index contributed by atoms with van der Waals surface area (Å²) in [6.45, 7) is 7.25. The van der Waals surface area contributed by atoms with Gasteiger partial charge in [0, 0.05) is 11.7 Å². The van der Waals surface area contributed by atoms with E-state index in [1.165, 1.54) is 18.3 Å². The number of hydrogen-bond donors (Lipinski definition) is 0. The van der Waals surface area contributed by atoms with Crippen LogP contribution in [-0.2, 0) is 9.31 Å². The predicted molar refractivity (Wildman–Crippen MR) is 66.6 cm³/mol. The third-order valence-electron chi connectivity index (χ3n) is 3.52. The molecule has 0 N–H and O–H groups in total. The van der Waals surface area contributed by atoms with Gasteiger partial charge in [0.1, 0.15) is 0 Å². The van der Waals surface area contributed by atoms with Crippen molar-refractivity contribution in [1.82, 2.24) is 4.98 Å². The van der Waals surface area contributed by atoms with Crippen molar-refractivity contribution >= 4 is 12.6 Å². The first-order chi connectivity index (χ1) is 9.02. The summed E-state index contributed by atoms with van der Waals surface area (Å²) in [7, 11) is -0.953. The van der Waals surface area contributed by atoms with Crippen molar-refractivity contribution in [2.45, 2.75) is 45.3 Å². The average molecular weight is 289 g/mol. The van der Waals surface area contributed by atoms with Crippen LogP contribution >= 0.6 is 0 Å². The molecule has 0 unspecified atom stereocenters. The summed E-state index contributed by atoms with van der Waals surface area (Å²) in [6, 6.07) is 2.94. The second-order valence-corrected chi connectivity index (χ2v) is 5.53. The van der Waals surface area contributed by atoms with Gasteiger partial charge in [0.15, 0.2) is 0 Å². The molecule has 0 atom stereocenters. The number of pyridine rings is 1. The maximum Gasteiger partial charge on any atom is 0.574 e. The van der Waals surface area contributed by atoms with Crippen molar-refractivity contribution in [3.8, 4) is 5.88 Å². The van der Waals surface area contributed by atoms with Crippen molar-refractivity contribution in [1.29, 1.82) is 0 Å². The van der Waals surface area contributed by atoms with Gasteiger partial charge < -0.3 is 14.0 Å². The van der Waals surface area contributed by atoms with Crippen LogP contribution in [0.4, 0.5) is 13.2 Å². The van der Waals surface area contributed by atoms with Crippen LogP contribution in [0.25, 0.3) is 0 Å². The Kier molecular flexibility index (Phi) is 3.50. The molecular weight excluding hydrogens is 274 g/mol. The van der Waals surface area contributed by atoms with E-state index in [0.717, 1.165) is 0 Å². The largest absolute Gasteiger partial charge is 0.574 e. The van der Waals surface area contributed by atoms with E-state index in [2.05, 4.69) is 9.72 Å². The molecule has 0 radical (unpaired) electrons. The molecule has 0 bridgehead atoms. The zero-order valence-corrected chi connectivity index (χ0v) is 11.6. The van der Waals surface area contributed by atoms with Gasteiger partial charge in [-0.25, -0.2) is 4.98 Å². The first-order valence-electron chi connectivity index (χ1n) is 6.08. The van der Waals surface area contributed by atoms with Crippen molar-refractivity contribution in [3.05, 3.63) is 18.3 Å². The van der Waals surface area contributed by atoms with Gasteiger partial charge in [-0.1, -0.05) is 6.07 Å². The molecule has 1 saturated heterocycles. The number of aromatic nitrogens is 1. The van der Waals surface area contributed by atoms with Crippen LogP contribution in [0.5, 0.6) is 5.88 Å². The number of hydrogen-bond acceptors (Lipinski definition) is 4. The predicted octanol–water partition coefficient (Wildman–Crippen LogP) is 2.28. The second-order valence-electron chi connectivity index (χ2n) is 5.53. The Bertz CT molecular complexity index is 489. The molecule has 2 heterocycles. The third-order valence-corrected chi connectivity index (χ3v) is 3.52. The maximum absolute atomic E-state index is 12.4. The molecule has 0 aromatic carbocycles. The van der Waals surface area contributed by atoms with E-state index in [1.807, 2.05) is 27.7 Å². The zero-order valence-electron chi connectivity index (χ0n) is 11.6. The molecule has 8 heteroatoms. The molecule has 0 saturated carbocycles. The van der Waals surface area contributed by atoms with Crippen molar-refractivity contribution < 1.29 is 27.2 Å². The summed E-state index contributed by atoms with van der Waals surface area (Å²) >= 11 is 0. The number of ether oxygens (including phenoxy) is 1. The fraction of sp³-hybridized carbons (Fsp3) is 0.583. The van der Waals surface area contributed by atoms with Gasteiger partial charge in [0.25, 0.3) is 0 Å². The lowest BCUT2D eigenvalue weighted by atomic mass is 9.80. The average Bonchev–Trinajstić information content (AvgIpc) is 2.46. The Morgan fingerprint density at radius 1 is 1.15 bits per heavy atom. The number of halogens is 3. The number of rotatable bonds is 2. The normalized spacial score (nSPS) is 21.1. The first-order valence-corrected chi connectivity index (χ1v) is 6.08. The van der Waals surface area contributed by atoms with E-state index in [0.29, 0.717) is 0 Å². The number of alkyl halides is 3. The van der Waals surface area contributed by atoms with Gasteiger partial charge in [0.05, 0.1) is 11.2 Å². The molecule has 1 aliphatic rings. The van der Waals surface area contributed by atoms with Crippen molar-refractivity contribution in [2.75, 3.05) is 0 Å². The molecule has 110 valence electrons. The van der Waals surface area contributed by atoms with Gasteiger partial charge in [-0.2, -0.15) is 0 Å². The molecule has 0 spiro atoms. The Balaban J connectivity index is 2.31. The van der Waals surface area contributed by atoms with E-state index < -0.39 is 30.6 Å². The number of nitrogens with zero attached hydrogens (tertiary/aromatic N) is 1. The smallest absolute Gasteiger partial charge is 0.399 e. The van der Waals surface area contributed by atoms with Gasteiger partial charge in [-0.15, -0.1) is 13.2 Å². The van der Waals surface area contributed by atoms with Crippen molar-refractivity contribution in [2.24, 2.45) is 0 Å². The van der Waals surface area contributed by atoms with Gasteiger partial charge >= 0.3 is 13.5 Å². The molecular formula is C12H15BF3NO3. The summed E-state index contributed by atoms with van der Waals surface area (Å²) in [5.74, 6) is -0.557. The lowest BCUT2D eigenvalue weighted by Gasteiger charge is -2.32. The van der Waals surface area contributed by atoms with Gasteiger partial charge in [-0.3, -0.25) is 0 Å². The van der Waals surface area contributed by atoms with E-state index in [9.17, 15) is 13.2 Å². The third kappa shape index (κ3) is 2.91. The highest BCUT2D eigenvalue weighted by molar-refractivity contribution is 6.63. The van der Waals surface area contributed by atoms with Crippen LogP contribution in [0.2, 0.25) is 0 Å². The minimum atomic E-state index is -4.81. The van der Waals surface area contributed by atoms with Crippen LogP contribution in [0.15, 0.2) is 18.3 Å². The van der Waals surface area contributed by atoms with Crippen LogP contribution in [0.1, 0.15) is 27.7 Å². The molecule has 0 amide bonds. The minimum Gasteiger partial charge on any atom is -0.399 e. The Labute approximate surface area is 115 Å². The van der Waals surface area contributed by atoms with E-state index in [4.69, 9.17) is 9.31 Å². The Hall–Kier alpha value is -1.28. The Morgan fingerprint density at radius 2 is 1.70 bits per heavy atom. The van der Waals surface area contributed by atoms with Gasteiger partial charge in [-0.05, 0) is 33.8 Å². The lowest BCUT2D eigenvalue weighted by Crippen LogP contribution is -2.41. The monoisotopic (exact) mass is 289 g/mol. The van der Waals surface area contributed by atoms with Gasteiger partial charge in [0.2, 0.25) is 5.88 Å². The highest BCUT2D eigenvalue weighted by atomic mass is 19.4. The van der Waals surface area contributed by atoms with Crippen LogP contribution in [-0.4, -0.2) is 29.7 Å². The maximum atomic E-state index is 12.4. The molecule has 20 heavy (non-hydrogen) atoms. The van der Waals surface area contributed by atoms with Crippen molar-refractivity contribution in [3.63, 3.8) is 0 Å². The van der Waals surface area contributed by atoms with Crippen LogP contribution in [0, 0.1) is 0 Å². The lowest BCUT2D eigenvalue weighted by molar-refractivity contribution is -0.275. The molecule has 1 aliphatic heterocycles. The standard InChI is InChI=1S/C12H15BF3NO3/c1-10(2)11(3,4)20-13(19-10)8-6-5-7-17-9(8)18-12(14,15)16/h5-7H,1-4H3. The van der Waals surface area contributed by atoms with Crippen LogP contribution < -0.4 is 10.2 Å². The fourth-order valence-corrected chi connectivity index (χ4v) is 1.75. The zero-order chi connectivity index (χ0) is 15.2. The molecule has 4 nitrogen and oxygen atoms in total. The Morgan fingerprint density at radius 3 is 2.20 bits per heavy atom. The minimum absolute atomic E-state index is 0.114. The highest BCUT2D eigenvalue weighted by Crippen LogP contribution is 2.37. The first kappa shape index (κ1) is 15.1. The van der Waals surface area contributed by atoms with Crippen LogP contribution in [0.3, 0.4) is 0 Å². The van der Waals surface area contributed by atoms with E-state index in [-0.39, 0.29) is 5.46 Å². The summed E-state index contributed by atoms with van der Waals surface area (Å²) in [5, 5.41) is 0. The summed E-state index contributed by atoms with van der Waals surface area (Å²) in [5.41, 5.74) is -1.19. The summed E-state index contributed by atoms with van der Waals surface area (Å²) in [4.78, 5) is 3.60.